The topological polar surface area (TPSA) is 46.5 Å². The molecule has 0 aliphatic carbocycles. The Balaban J connectivity index is 2.51. The molecule has 0 radical (unpaired) electrons. The van der Waals surface area contributed by atoms with E-state index in [1.54, 1.807) is 0 Å². The van der Waals surface area contributed by atoms with Crippen LogP contribution in [0.5, 0.6) is 0 Å². The van der Waals surface area contributed by atoms with Crippen molar-refractivity contribution in [3.05, 3.63) is 71.8 Å². The molecule has 0 saturated heterocycles. The van der Waals surface area contributed by atoms with E-state index in [0.29, 0.717) is 0 Å². The minimum absolute atomic E-state index is 0.462. The van der Waals surface area contributed by atoms with Crippen LogP contribution in [0.15, 0.2) is 65.0 Å². The van der Waals surface area contributed by atoms with Crippen LogP contribution in [0.2, 0.25) is 0 Å². The Morgan fingerprint density at radius 2 is 1.18 bits per heavy atom. The number of hydrogen-bond donors (Lipinski definition) is 0. The lowest BCUT2D eigenvalue weighted by Gasteiger charge is -2.10. The van der Waals surface area contributed by atoms with E-state index in [1.807, 2.05) is 60.7 Å². The van der Waals surface area contributed by atoms with Crippen LogP contribution in [0.1, 0.15) is 17.2 Å². The Morgan fingerprint density at radius 1 is 0.765 bits per heavy atom. The Hall–Kier alpha value is -1.94. The fraction of sp³-hybridized carbons (Fsp3) is 0.0769. The molecule has 2 aromatic carbocycles. The van der Waals surface area contributed by atoms with Gasteiger partial charge in [0.2, 0.25) is 0 Å². The summed E-state index contributed by atoms with van der Waals surface area (Å²) in [5.41, 5.74) is 1.73. The quantitative estimate of drug-likeness (QED) is 0.834. The Bertz CT molecular complexity index is 559. The zero-order valence-electron chi connectivity index (χ0n) is 9.02. The number of benzene rings is 2. The van der Waals surface area contributed by atoms with E-state index in [9.17, 15) is 8.42 Å². The normalized spacial score (nSPS) is 10.2. The molecule has 17 heavy (non-hydrogen) atoms. The predicted octanol–water partition coefficient (Wildman–Crippen LogP) is 2.84. The lowest BCUT2D eigenvalue weighted by atomic mass is 10.00. The van der Waals surface area contributed by atoms with Gasteiger partial charge in [-0.05, 0) is 11.1 Å². The first-order valence-corrected chi connectivity index (χ1v) is 6.20. The van der Waals surface area contributed by atoms with Crippen molar-refractivity contribution < 1.29 is 8.42 Å². The summed E-state index contributed by atoms with van der Waals surface area (Å²) in [7, 11) is -2.42. The molecule has 0 atom stereocenters. The largest absolute Gasteiger partial charge is 0.312 e. The molecule has 0 aliphatic heterocycles. The highest BCUT2D eigenvalue weighted by atomic mass is 32.2. The SMILES string of the molecule is O=S(=O)=NC(c1ccccc1)c1ccccc1. The summed E-state index contributed by atoms with van der Waals surface area (Å²) in [6.45, 7) is 0. The van der Waals surface area contributed by atoms with Gasteiger partial charge in [0.25, 0.3) is 0 Å². The second-order valence-corrected chi connectivity index (χ2v) is 4.19. The summed E-state index contributed by atoms with van der Waals surface area (Å²) in [6.07, 6.45) is 0. The monoisotopic (exact) mass is 245 g/mol. The first-order valence-electron chi connectivity index (χ1n) is 5.17. The van der Waals surface area contributed by atoms with Gasteiger partial charge in [-0.2, -0.15) is 12.8 Å². The van der Waals surface area contributed by atoms with Crippen LogP contribution in [0.25, 0.3) is 0 Å². The van der Waals surface area contributed by atoms with Crippen molar-refractivity contribution in [3.8, 4) is 0 Å². The Labute approximate surface area is 101 Å². The summed E-state index contributed by atoms with van der Waals surface area (Å²) in [5.74, 6) is 0. The van der Waals surface area contributed by atoms with Crippen molar-refractivity contribution in [2.75, 3.05) is 0 Å². The van der Waals surface area contributed by atoms with Crippen molar-refractivity contribution >= 4 is 10.5 Å². The van der Waals surface area contributed by atoms with Gasteiger partial charge in [-0.3, -0.25) is 0 Å². The molecule has 86 valence electrons. The van der Waals surface area contributed by atoms with Gasteiger partial charge in [-0.15, -0.1) is 0 Å². The molecule has 0 saturated carbocycles. The third-order valence-electron chi connectivity index (χ3n) is 2.42. The number of hydrogen-bond acceptors (Lipinski definition) is 3. The smallest absolute Gasteiger partial charge is 0.164 e. The van der Waals surface area contributed by atoms with Crippen molar-refractivity contribution in [2.45, 2.75) is 6.04 Å². The fourth-order valence-electron chi connectivity index (χ4n) is 1.67. The van der Waals surface area contributed by atoms with Gasteiger partial charge in [-0.25, -0.2) is 0 Å². The van der Waals surface area contributed by atoms with E-state index in [0.717, 1.165) is 11.1 Å². The molecule has 2 aromatic rings. The van der Waals surface area contributed by atoms with Crippen LogP contribution in [-0.2, 0) is 10.5 Å². The summed E-state index contributed by atoms with van der Waals surface area (Å²) in [4.78, 5) is 0. The third kappa shape index (κ3) is 3.01. The molecule has 0 bridgehead atoms. The molecule has 4 heteroatoms. The van der Waals surface area contributed by atoms with Crippen LogP contribution >= 0.6 is 0 Å². The lowest BCUT2D eigenvalue weighted by molar-refractivity contribution is 0.617. The van der Waals surface area contributed by atoms with E-state index >= 15 is 0 Å². The lowest BCUT2D eigenvalue weighted by Crippen LogP contribution is -1.97. The van der Waals surface area contributed by atoms with Crippen LogP contribution < -0.4 is 0 Å². The summed E-state index contributed by atoms with van der Waals surface area (Å²) >= 11 is 0. The standard InChI is InChI=1S/C13H11NO2S/c15-17(16)14-13(11-7-3-1-4-8-11)12-9-5-2-6-10-12/h1-10,13H. The minimum Gasteiger partial charge on any atom is -0.164 e. The van der Waals surface area contributed by atoms with E-state index < -0.39 is 16.5 Å². The van der Waals surface area contributed by atoms with Crippen molar-refractivity contribution in [1.82, 2.24) is 0 Å². The van der Waals surface area contributed by atoms with Crippen LogP contribution in [0.3, 0.4) is 0 Å². The molecule has 0 N–H and O–H groups in total. The summed E-state index contributed by atoms with van der Waals surface area (Å²) in [5, 5.41) is 0. The maximum Gasteiger partial charge on any atom is 0.312 e. The molecule has 0 amide bonds. The second kappa shape index (κ2) is 5.41. The van der Waals surface area contributed by atoms with Gasteiger partial charge >= 0.3 is 10.5 Å². The maximum atomic E-state index is 10.8. The van der Waals surface area contributed by atoms with Gasteiger partial charge < -0.3 is 0 Å². The van der Waals surface area contributed by atoms with Crippen molar-refractivity contribution in [3.63, 3.8) is 0 Å². The zero-order chi connectivity index (χ0) is 12.1. The highest BCUT2D eigenvalue weighted by Crippen LogP contribution is 2.25. The van der Waals surface area contributed by atoms with Gasteiger partial charge in [0.05, 0.1) is 0 Å². The summed E-state index contributed by atoms with van der Waals surface area (Å²) < 4.78 is 25.3. The molecular weight excluding hydrogens is 234 g/mol. The Morgan fingerprint density at radius 3 is 1.53 bits per heavy atom. The second-order valence-electron chi connectivity index (χ2n) is 3.55. The average Bonchev–Trinajstić information content (AvgIpc) is 2.38. The first-order chi connectivity index (χ1) is 8.27. The average molecular weight is 245 g/mol. The molecule has 2 rings (SSSR count). The van der Waals surface area contributed by atoms with Gasteiger partial charge in [0.1, 0.15) is 6.04 Å². The van der Waals surface area contributed by atoms with Crippen molar-refractivity contribution in [1.29, 1.82) is 0 Å². The Kier molecular flexibility index (Phi) is 3.67. The fourth-order valence-corrected chi connectivity index (χ4v) is 2.09. The van der Waals surface area contributed by atoms with Gasteiger partial charge in [0.15, 0.2) is 0 Å². The molecule has 0 unspecified atom stereocenters. The summed E-state index contributed by atoms with van der Waals surface area (Å²) in [6, 6.07) is 18.3. The molecule has 3 nitrogen and oxygen atoms in total. The van der Waals surface area contributed by atoms with E-state index in [1.165, 1.54) is 0 Å². The van der Waals surface area contributed by atoms with Crippen molar-refractivity contribution in [2.24, 2.45) is 4.36 Å². The van der Waals surface area contributed by atoms with E-state index in [4.69, 9.17) is 0 Å². The molecule has 0 aromatic heterocycles. The predicted molar refractivity (Wildman–Crippen MR) is 66.1 cm³/mol. The maximum absolute atomic E-state index is 10.8. The minimum atomic E-state index is -2.42. The number of rotatable bonds is 3. The third-order valence-corrected chi connectivity index (χ3v) is 2.81. The molecule has 0 heterocycles. The van der Waals surface area contributed by atoms with Crippen LogP contribution in [-0.4, -0.2) is 8.42 Å². The highest BCUT2D eigenvalue weighted by molar-refractivity contribution is 7.61. The molecule has 0 aliphatic rings. The van der Waals surface area contributed by atoms with Crippen LogP contribution in [0, 0.1) is 0 Å². The van der Waals surface area contributed by atoms with Crippen LogP contribution in [0.4, 0.5) is 0 Å². The zero-order valence-corrected chi connectivity index (χ0v) is 9.84. The first kappa shape index (κ1) is 11.5. The van der Waals surface area contributed by atoms with E-state index in [-0.39, 0.29) is 0 Å². The molecule has 0 spiro atoms. The number of nitrogens with zero attached hydrogens (tertiary/aromatic N) is 1. The van der Waals surface area contributed by atoms with Gasteiger partial charge in [-0.1, -0.05) is 60.7 Å². The van der Waals surface area contributed by atoms with E-state index in [2.05, 4.69) is 4.36 Å². The molecular formula is C13H11NO2S. The molecule has 0 fully saturated rings. The van der Waals surface area contributed by atoms with Gasteiger partial charge in [0, 0.05) is 0 Å². The highest BCUT2D eigenvalue weighted by Gasteiger charge is 2.12.